The topological polar surface area (TPSA) is 74.1 Å². The van der Waals surface area contributed by atoms with Gasteiger partial charge < -0.3 is 4.74 Å². The number of hydrogen-bond acceptors (Lipinski definition) is 6. The van der Waals surface area contributed by atoms with Gasteiger partial charge in [0.05, 0.1) is 12.0 Å². The third-order valence-electron chi connectivity index (χ3n) is 4.04. The van der Waals surface area contributed by atoms with Crippen molar-refractivity contribution in [3.05, 3.63) is 20.8 Å². The predicted octanol–water partition coefficient (Wildman–Crippen LogP) is 2.18. The van der Waals surface area contributed by atoms with Gasteiger partial charge in [0.2, 0.25) is 0 Å². The van der Waals surface area contributed by atoms with Crippen LogP contribution in [0.5, 0.6) is 0 Å². The van der Waals surface area contributed by atoms with Gasteiger partial charge >= 0.3 is 5.97 Å². The second kappa shape index (κ2) is 6.39. The minimum atomic E-state index is -0.452. The molecule has 0 saturated heterocycles. The lowest BCUT2D eigenvalue weighted by molar-refractivity contribution is -0.145. The first-order valence-corrected chi connectivity index (χ1v) is 8.81. The van der Waals surface area contributed by atoms with Crippen LogP contribution in [-0.2, 0) is 28.9 Å². The summed E-state index contributed by atoms with van der Waals surface area (Å²) in [7, 11) is 0. The largest absolute Gasteiger partial charge is 0.464 e. The van der Waals surface area contributed by atoms with Crippen LogP contribution in [0.25, 0.3) is 10.2 Å². The zero-order chi connectivity index (χ0) is 16.6. The average Bonchev–Trinajstić information content (AvgIpc) is 2.86. The van der Waals surface area contributed by atoms with E-state index in [1.54, 1.807) is 11.3 Å². The molecule has 0 amide bonds. The zero-order valence-corrected chi connectivity index (χ0v) is 14.5. The van der Waals surface area contributed by atoms with Crippen molar-refractivity contribution in [3.8, 4) is 0 Å². The molecule has 0 aromatic carbocycles. The minimum absolute atomic E-state index is 0.185. The molecule has 3 rings (SSSR count). The molecule has 2 aromatic rings. The molecule has 1 aliphatic rings. The van der Waals surface area contributed by atoms with Gasteiger partial charge in [-0.2, -0.15) is 4.68 Å². The smallest absolute Gasteiger partial charge is 0.327 e. The fourth-order valence-electron chi connectivity index (χ4n) is 2.82. The number of thiophene rings is 1. The van der Waals surface area contributed by atoms with E-state index >= 15 is 0 Å². The van der Waals surface area contributed by atoms with Gasteiger partial charge in [-0.25, -0.2) is 0 Å². The lowest BCUT2D eigenvalue weighted by Crippen LogP contribution is -2.29. The quantitative estimate of drug-likeness (QED) is 0.801. The van der Waals surface area contributed by atoms with E-state index in [2.05, 4.69) is 17.2 Å². The van der Waals surface area contributed by atoms with Gasteiger partial charge in [0.1, 0.15) is 6.54 Å². The van der Waals surface area contributed by atoms with E-state index in [0.717, 1.165) is 29.5 Å². The molecule has 6 nitrogen and oxygen atoms in total. The average molecular weight is 335 g/mol. The minimum Gasteiger partial charge on any atom is -0.464 e. The molecular weight excluding hydrogens is 314 g/mol. The number of esters is 1. The van der Waals surface area contributed by atoms with Gasteiger partial charge in [0.25, 0.3) is 5.56 Å². The molecule has 1 aliphatic carbocycles. The Morgan fingerprint density at radius 3 is 3.00 bits per heavy atom. The van der Waals surface area contributed by atoms with Crippen LogP contribution in [0.2, 0.25) is 0 Å². The van der Waals surface area contributed by atoms with Gasteiger partial charge in [-0.15, -0.1) is 16.4 Å². The van der Waals surface area contributed by atoms with E-state index in [9.17, 15) is 9.59 Å². The molecule has 0 radical (unpaired) electrons. The Morgan fingerprint density at radius 2 is 2.26 bits per heavy atom. The normalized spacial score (nSPS) is 17.5. The molecule has 0 spiro atoms. The van der Waals surface area contributed by atoms with Crippen LogP contribution in [0, 0.1) is 11.8 Å². The first kappa shape index (κ1) is 16.1. The molecule has 23 heavy (non-hydrogen) atoms. The summed E-state index contributed by atoms with van der Waals surface area (Å²) in [6, 6.07) is 0. The van der Waals surface area contributed by atoms with E-state index < -0.39 is 5.97 Å². The molecule has 0 aliphatic heterocycles. The number of rotatable bonds is 4. The van der Waals surface area contributed by atoms with E-state index in [4.69, 9.17) is 4.74 Å². The first-order chi connectivity index (χ1) is 11.0. The number of nitrogens with zero attached hydrogens (tertiary/aromatic N) is 3. The Labute approximate surface area is 138 Å². The van der Waals surface area contributed by atoms with Crippen LogP contribution >= 0.6 is 11.3 Å². The molecule has 7 heteroatoms. The summed E-state index contributed by atoms with van der Waals surface area (Å²) in [6.45, 7) is 6.31. The van der Waals surface area contributed by atoms with Crippen molar-refractivity contribution in [1.82, 2.24) is 15.0 Å². The zero-order valence-electron chi connectivity index (χ0n) is 13.7. The fraction of sp³-hybridized carbons (Fsp3) is 0.625. The molecule has 0 unspecified atom stereocenters. The van der Waals surface area contributed by atoms with Crippen molar-refractivity contribution in [2.24, 2.45) is 11.8 Å². The Balaban J connectivity index is 1.90. The van der Waals surface area contributed by atoms with Crippen molar-refractivity contribution in [1.29, 1.82) is 0 Å². The molecule has 124 valence electrons. The second-order valence-electron chi connectivity index (χ2n) is 6.66. The lowest BCUT2D eigenvalue weighted by atomic mass is 9.89. The maximum atomic E-state index is 12.7. The monoisotopic (exact) mass is 335 g/mol. The van der Waals surface area contributed by atoms with Crippen molar-refractivity contribution in [3.63, 3.8) is 0 Å². The van der Waals surface area contributed by atoms with Crippen LogP contribution in [-0.4, -0.2) is 27.6 Å². The van der Waals surface area contributed by atoms with Gasteiger partial charge in [0, 0.05) is 4.88 Å². The number of fused-ring (bicyclic) bond motifs is 3. The van der Waals surface area contributed by atoms with Gasteiger partial charge in [-0.05, 0) is 36.7 Å². The number of hydrogen-bond donors (Lipinski definition) is 0. The molecule has 2 heterocycles. The summed E-state index contributed by atoms with van der Waals surface area (Å²) in [5.74, 6) is 0.444. The number of aromatic nitrogens is 3. The maximum absolute atomic E-state index is 12.7. The highest BCUT2D eigenvalue weighted by molar-refractivity contribution is 7.18. The van der Waals surface area contributed by atoms with Crippen molar-refractivity contribution in [2.45, 2.75) is 46.6 Å². The summed E-state index contributed by atoms with van der Waals surface area (Å²) >= 11 is 1.56. The molecule has 0 fully saturated rings. The second-order valence-corrected chi connectivity index (χ2v) is 7.74. The third kappa shape index (κ3) is 3.29. The summed E-state index contributed by atoms with van der Waals surface area (Å²) in [5.41, 5.74) is 0.871. The highest BCUT2D eigenvalue weighted by Gasteiger charge is 2.24. The van der Waals surface area contributed by atoms with E-state index in [-0.39, 0.29) is 18.0 Å². The summed E-state index contributed by atoms with van der Waals surface area (Å²) < 4.78 is 6.24. The Bertz CT molecular complexity index is 794. The Morgan fingerprint density at radius 1 is 1.48 bits per heavy atom. The standard InChI is InChI=1S/C16H21N3O3S/c1-9(2)8-22-13(20)7-19-16(21)14-11-5-4-10(3)6-12(11)23-15(14)17-18-19/h9-10H,4-8H2,1-3H3/t10-/m0/s1. The fourth-order valence-corrected chi connectivity index (χ4v) is 4.14. The molecule has 1 atom stereocenters. The number of aryl methyl sites for hydroxylation is 1. The highest BCUT2D eigenvalue weighted by Crippen LogP contribution is 2.35. The third-order valence-corrected chi connectivity index (χ3v) is 5.18. The van der Waals surface area contributed by atoms with Crippen LogP contribution in [0.15, 0.2) is 4.79 Å². The maximum Gasteiger partial charge on any atom is 0.327 e. The number of ether oxygens (including phenoxy) is 1. The SMILES string of the molecule is CC(C)COC(=O)Cn1nnc2sc3c(c2c1=O)CC[C@H](C)C3. The number of carbonyl (C=O) groups is 1. The highest BCUT2D eigenvalue weighted by atomic mass is 32.1. The van der Waals surface area contributed by atoms with Crippen LogP contribution < -0.4 is 5.56 Å². The van der Waals surface area contributed by atoms with Gasteiger partial charge in [-0.1, -0.05) is 26.0 Å². The van der Waals surface area contributed by atoms with E-state index in [1.165, 1.54) is 4.88 Å². The van der Waals surface area contributed by atoms with Crippen molar-refractivity contribution in [2.75, 3.05) is 6.61 Å². The first-order valence-electron chi connectivity index (χ1n) is 7.99. The lowest BCUT2D eigenvalue weighted by Gasteiger charge is -2.17. The predicted molar refractivity (Wildman–Crippen MR) is 88.7 cm³/mol. The summed E-state index contributed by atoms with van der Waals surface area (Å²) in [4.78, 5) is 26.4. The molecule has 0 N–H and O–H groups in total. The Hall–Kier alpha value is -1.76. The molecule has 0 bridgehead atoms. The molecule has 0 saturated carbocycles. The van der Waals surface area contributed by atoms with Crippen LogP contribution in [0.4, 0.5) is 0 Å². The van der Waals surface area contributed by atoms with Gasteiger partial charge in [-0.3, -0.25) is 9.59 Å². The van der Waals surface area contributed by atoms with E-state index in [1.807, 2.05) is 13.8 Å². The van der Waals surface area contributed by atoms with Crippen molar-refractivity contribution >= 4 is 27.5 Å². The van der Waals surface area contributed by atoms with Crippen molar-refractivity contribution < 1.29 is 9.53 Å². The molecular formula is C16H21N3O3S. The summed E-state index contributed by atoms with van der Waals surface area (Å²) in [5, 5.41) is 8.69. The van der Waals surface area contributed by atoms with Gasteiger partial charge in [0.15, 0.2) is 4.83 Å². The van der Waals surface area contributed by atoms with Crippen LogP contribution in [0.1, 0.15) is 37.6 Å². The Kier molecular flexibility index (Phi) is 4.48. The van der Waals surface area contributed by atoms with Crippen LogP contribution in [0.3, 0.4) is 0 Å². The molecule has 2 aromatic heterocycles. The summed E-state index contributed by atoms with van der Waals surface area (Å²) in [6.07, 6.45) is 2.97. The number of carbonyl (C=O) groups excluding carboxylic acids is 1. The van der Waals surface area contributed by atoms with E-state index in [0.29, 0.717) is 22.7 Å².